The maximum Gasteiger partial charge on any atom is 0.279 e. The highest BCUT2D eigenvalue weighted by Crippen LogP contribution is 2.27. The SMILES string of the molecule is O=C(C[NH2+][C@@H](c1ccccc1)c1cccs1)Nc1ccccc1-c1ccccc1. The number of quaternary nitrogens is 1. The van der Waals surface area contributed by atoms with Crippen molar-refractivity contribution in [2.45, 2.75) is 6.04 Å². The molecule has 1 heterocycles. The molecule has 0 aliphatic carbocycles. The molecule has 0 spiro atoms. The molecule has 1 atom stereocenters. The Morgan fingerprint density at radius 1 is 0.828 bits per heavy atom. The van der Waals surface area contributed by atoms with Gasteiger partial charge in [-0.25, -0.2) is 0 Å². The summed E-state index contributed by atoms with van der Waals surface area (Å²) in [6, 6.07) is 32.7. The van der Waals surface area contributed by atoms with Crippen molar-refractivity contribution < 1.29 is 10.1 Å². The van der Waals surface area contributed by atoms with E-state index in [1.165, 1.54) is 10.4 Å². The number of para-hydroxylation sites is 1. The Bertz CT molecular complexity index is 1050. The molecule has 4 aromatic rings. The van der Waals surface area contributed by atoms with Gasteiger partial charge in [-0.1, -0.05) is 84.9 Å². The molecule has 0 aliphatic heterocycles. The van der Waals surface area contributed by atoms with Crippen molar-refractivity contribution in [3.05, 3.63) is 113 Å². The van der Waals surface area contributed by atoms with Gasteiger partial charge < -0.3 is 10.6 Å². The highest BCUT2D eigenvalue weighted by molar-refractivity contribution is 7.10. The third kappa shape index (κ3) is 4.80. The number of benzene rings is 3. The van der Waals surface area contributed by atoms with Crippen molar-refractivity contribution in [3.8, 4) is 11.1 Å². The predicted molar refractivity (Wildman–Crippen MR) is 120 cm³/mol. The van der Waals surface area contributed by atoms with Crippen molar-refractivity contribution in [1.82, 2.24) is 0 Å². The van der Waals surface area contributed by atoms with Crippen LogP contribution in [0.4, 0.5) is 5.69 Å². The van der Waals surface area contributed by atoms with Gasteiger partial charge in [0.05, 0.1) is 4.88 Å². The summed E-state index contributed by atoms with van der Waals surface area (Å²) in [5.41, 5.74) is 4.16. The number of carbonyl (C=O) groups excluding carboxylic acids is 1. The summed E-state index contributed by atoms with van der Waals surface area (Å²) in [7, 11) is 0. The van der Waals surface area contributed by atoms with E-state index in [9.17, 15) is 4.79 Å². The standard InChI is InChI=1S/C25H22N2OS/c28-24(27-22-15-8-7-14-21(22)19-10-3-1-4-11-19)18-26-25(23-16-9-17-29-23)20-12-5-2-6-13-20/h1-17,25-26H,18H2,(H,27,28)/p+1/t25-/m0/s1. The van der Waals surface area contributed by atoms with E-state index >= 15 is 0 Å². The molecule has 144 valence electrons. The lowest BCUT2D eigenvalue weighted by atomic mass is 10.0. The molecule has 29 heavy (non-hydrogen) atoms. The summed E-state index contributed by atoms with van der Waals surface area (Å²) in [6.07, 6.45) is 0. The van der Waals surface area contributed by atoms with Crippen LogP contribution in [0.1, 0.15) is 16.5 Å². The topological polar surface area (TPSA) is 45.7 Å². The van der Waals surface area contributed by atoms with Crippen molar-refractivity contribution in [1.29, 1.82) is 0 Å². The first-order chi connectivity index (χ1) is 14.3. The van der Waals surface area contributed by atoms with Crippen molar-refractivity contribution >= 4 is 22.9 Å². The largest absolute Gasteiger partial charge is 0.328 e. The third-order valence-corrected chi connectivity index (χ3v) is 5.79. The van der Waals surface area contributed by atoms with Gasteiger partial charge in [0.25, 0.3) is 5.91 Å². The summed E-state index contributed by atoms with van der Waals surface area (Å²) < 4.78 is 0. The van der Waals surface area contributed by atoms with Gasteiger partial charge in [0.1, 0.15) is 6.04 Å². The maximum absolute atomic E-state index is 12.8. The normalized spacial score (nSPS) is 11.7. The van der Waals surface area contributed by atoms with Crippen LogP contribution in [0.2, 0.25) is 0 Å². The van der Waals surface area contributed by atoms with Gasteiger partial charge >= 0.3 is 0 Å². The Balaban J connectivity index is 1.48. The fourth-order valence-electron chi connectivity index (χ4n) is 3.43. The molecule has 3 aromatic carbocycles. The fourth-order valence-corrected chi connectivity index (χ4v) is 4.28. The van der Waals surface area contributed by atoms with E-state index in [1.54, 1.807) is 11.3 Å². The molecular weight excluding hydrogens is 376 g/mol. The molecular formula is C25H23N2OS+. The van der Waals surface area contributed by atoms with Crippen LogP contribution in [0.5, 0.6) is 0 Å². The molecule has 4 rings (SSSR count). The summed E-state index contributed by atoms with van der Waals surface area (Å²) >= 11 is 1.72. The molecule has 0 unspecified atom stereocenters. The average molecular weight is 400 g/mol. The van der Waals surface area contributed by atoms with Crippen molar-refractivity contribution in [2.24, 2.45) is 0 Å². The van der Waals surface area contributed by atoms with E-state index in [1.807, 2.05) is 60.7 Å². The fraction of sp³-hybridized carbons (Fsp3) is 0.0800. The Morgan fingerprint density at radius 2 is 1.52 bits per heavy atom. The number of hydrogen-bond acceptors (Lipinski definition) is 2. The van der Waals surface area contributed by atoms with Crippen LogP contribution < -0.4 is 10.6 Å². The highest BCUT2D eigenvalue weighted by Gasteiger charge is 2.20. The van der Waals surface area contributed by atoms with Gasteiger partial charge in [-0.05, 0) is 23.1 Å². The second-order valence-electron chi connectivity index (χ2n) is 6.80. The van der Waals surface area contributed by atoms with Gasteiger partial charge in [-0.2, -0.15) is 0 Å². The first-order valence-corrected chi connectivity index (χ1v) is 10.6. The van der Waals surface area contributed by atoms with E-state index in [-0.39, 0.29) is 11.9 Å². The van der Waals surface area contributed by atoms with Gasteiger partial charge in [-0.15, -0.1) is 11.3 Å². The van der Waals surface area contributed by atoms with Crippen molar-refractivity contribution in [2.75, 3.05) is 11.9 Å². The minimum absolute atomic E-state index is 0.00846. The van der Waals surface area contributed by atoms with E-state index in [0.29, 0.717) is 6.54 Å². The average Bonchev–Trinajstić information content (AvgIpc) is 3.30. The Hall–Kier alpha value is -3.21. The molecule has 1 aromatic heterocycles. The lowest BCUT2D eigenvalue weighted by Gasteiger charge is -2.15. The first kappa shape index (κ1) is 19.1. The molecule has 0 fully saturated rings. The van der Waals surface area contributed by atoms with Crippen molar-refractivity contribution in [3.63, 3.8) is 0 Å². The molecule has 3 nitrogen and oxygen atoms in total. The van der Waals surface area contributed by atoms with Crippen LogP contribution in [0.15, 0.2) is 102 Å². The van der Waals surface area contributed by atoms with Crippen LogP contribution >= 0.6 is 11.3 Å². The van der Waals surface area contributed by atoms with E-state index < -0.39 is 0 Å². The lowest BCUT2D eigenvalue weighted by Crippen LogP contribution is -2.87. The smallest absolute Gasteiger partial charge is 0.279 e. The Labute approximate surface area is 175 Å². The first-order valence-electron chi connectivity index (χ1n) is 9.67. The molecule has 1 amide bonds. The Kier molecular flexibility index (Phi) is 6.15. The number of nitrogens with two attached hydrogens (primary N) is 1. The second-order valence-corrected chi connectivity index (χ2v) is 7.78. The minimum Gasteiger partial charge on any atom is -0.328 e. The number of carbonyl (C=O) groups is 1. The minimum atomic E-state index is -0.00846. The number of thiophene rings is 1. The van der Waals surface area contributed by atoms with Crippen LogP contribution in [0, 0.1) is 0 Å². The van der Waals surface area contributed by atoms with Crippen LogP contribution in [0.25, 0.3) is 11.1 Å². The summed E-state index contributed by atoms with van der Waals surface area (Å²) in [4.78, 5) is 14.0. The zero-order valence-corrected chi connectivity index (χ0v) is 16.8. The molecule has 3 N–H and O–H groups in total. The number of amides is 1. The maximum atomic E-state index is 12.8. The van der Waals surface area contributed by atoms with E-state index in [4.69, 9.17) is 0 Å². The molecule has 4 heteroatoms. The monoisotopic (exact) mass is 399 g/mol. The van der Waals surface area contributed by atoms with Crippen LogP contribution in [0.3, 0.4) is 0 Å². The lowest BCUT2D eigenvalue weighted by molar-refractivity contribution is -0.675. The third-order valence-electron chi connectivity index (χ3n) is 4.83. The van der Waals surface area contributed by atoms with Gasteiger partial charge in [0.2, 0.25) is 0 Å². The van der Waals surface area contributed by atoms with Crippen LogP contribution in [-0.2, 0) is 4.79 Å². The molecule has 0 radical (unpaired) electrons. The number of anilines is 1. The van der Waals surface area contributed by atoms with Gasteiger partial charge in [0, 0.05) is 16.8 Å². The molecule has 0 bridgehead atoms. The van der Waals surface area contributed by atoms with E-state index in [2.05, 4.69) is 52.4 Å². The quantitative estimate of drug-likeness (QED) is 0.465. The molecule has 0 aliphatic rings. The second kappa shape index (κ2) is 9.32. The predicted octanol–water partition coefficient (Wildman–Crippen LogP) is 4.71. The number of nitrogens with one attached hydrogen (secondary N) is 1. The highest BCUT2D eigenvalue weighted by atomic mass is 32.1. The molecule has 0 saturated heterocycles. The number of rotatable bonds is 7. The summed E-state index contributed by atoms with van der Waals surface area (Å²) in [5.74, 6) is -0.00846. The zero-order chi connectivity index (χ0) is 19.9. The zero-order valence-electron chi connectivity index (χ0n) is 16.0. The van der Waals surface area contributed by atoms with Crippen LogP contribution in [-0.4, -0.2) is 12.5 Å². The van der Waals surface area contributed by atoms with E-state index in [0.717, 1.165) is 16.8 Å². The Morgan fingerprint density at radius 3 is 2.24 bits per heavy atom. The van der Waals surface area contributed by atoms with Gasteiger partial charge in [-0.3, -0.25) is 4.79 Å². The van der Waals surface area contributed by atoms with Gasteiger partial charge in [0.15, 0.2) is 6.54 Å². The summed E-state index contributed by atoms with van der Waals surface area (Å²) in [6.45, 7) is 0.348. The molecule has 0 saturated carbocycles. The number of hydrogen-bond donors (Lipinski definition) is 2. The summed E-state index contributed by atoms with van der Waals surface area (Å²) in [5, 5.41) is 7.27.